The third-order valence-corrected chi connectivity index (χ3v) is 3.79. The molecule has 0 bridgehead atoms. The van der Waals surface area contributed by atoms with Gasteiger partial charge >= 0.3 is 0 Å². The van der Waals surface area contributed by atoms with Gasteiger partial charge in [0.05, 0.1) is 0 Å². The SMILES string of the molecule is C/C=C(\c1ccc(F)cc1)c1ccccc1N(C)C(C)C. The molecule has 0 unspecified atom stereocenters. The fourth-order valence-electron chi connectivity index (χ4n) is 2.39. The van der Waals surface area contributed by atoms with Crippen LogP contribution >= 0.6 is 0 Å². The number of allylic oxidation sites excluding steroid dienone is 1. The van der Waals surface area contributed by atoms with E-state index in [2.05, 4.69) is 50.1 Å². The number of rotatable bonds is 4. The van der Waals surface area contributed by atoms with Crippen molar-refractivity contribution in [3.63, 3.8) is 0 Å². The lowest BCUT2D eigenvalue weighted by atomic mass is 9.95. The van der Waals surface area contributed by atoms with E-state index in [-0.39, 0.29) is 5.82 Å². The van der Waals surface area contributed by atoms with Crippen molar-refractivity contribution in [2.45, 2.75) is 26.8 Å². The first-order chi connectivity index (χ1) is 10.0. The molecule has 0 saturated heterocycles. The van der Waals surface area contributed by atoms with Crippen molar-refractivity contribution in [3.8, 4) is 0 Å². The van der Waals surface area contributed by atoms with Crippen LogP contribution < -0.4 is 4.90 Å². The lowest BCUT2D eigenvalue weighted by Crippen LogP contribution is -2.26. The summed E-state index contributed by atoms with van der Waals surface area (Å²) >= 11 is 0. The van der Waals surface area contributed by atoms with Crippen LogP contribution in [-0.2, 0) is 0 Å². The van der Waals surface area contributed by atoms with E-state index in [1.807, 2.05) is 25.1 Å². The Balaban J connectivity index is 2.51. The van der Waals surface area contributed by atoms with E-state index < -0.39 is 0 Å². The molecule has 0 fully saturated rings. The molecule has 0 aromatic heterocycles. The Morgan fingerprint density at radius 2 is 1.67 bits per heavy atom. The zero-order chi connectivity index (χ0) is 15.4. The fourth-order valence-corrected chi connectivity index (χ4v) is 2.39. The smallest absolute Gasteiger partial charge is 0.123 e. The van der Waals surface area contributed by atoms with E-state index in [0.29, 0.717) is 6.04 Å². The molecule has 1 nitrogen and oxygen atoms in total. The van der Waals surface area contributed by atoms with Gasteiger partial charge in [0.1, 0.15) is 5.82 Å². The summed E-state index contributed by atoms with van der Waals surface area (Å²) in [5.41, 5.74) is 4.51. The number of nitrogens with zero attached hydrogens (tertiary/aromatic N) is 1. The van der Waals surface area contributed by atoms with Gasteiger partial charge in [-0.3, -0.25) is 0 Å². The van der Waals surface area contributed by atoms with Crippen LogP contribution in [0.3, 0.4) is 0 Å². The molecule has 0 aliphatic carbocycles. The van der Waals surface area contributed by atoms with Gasteiger partial charge in [0, 0.05) is 24.3 Å². The Morgan fingerprint density at radius 1 is 1.05 bits per heavy atom. The Morgan fingerprint density at radius 3 is 2.24 bits per heavy atom. The normalized spacial score (nSPS) is 11.8. The molecule has 0 amide bonds. The zero-order valence-corrected chi connectivity index (χ0v) is 13.1. The number of halogens is 1. The third-order valence-electron chi connectivity index (χ3n) is 3.79. The van der Waals surface area contributed by atoms with Gasteiger partial charge in [0.15, 0.2) is 0 Å². The highest BCUT2D eigenvalue weighted by Crippen LogP contribution is 2.32. The molecule has 21 heavy (non-hydrogen) atoms. The van der Waals surface area contributed by atoms with E-state index in [1.54, 1.807) is 0 Å². The largest absolute Gasteiger partial charge is 0.372 e. The number of hydrogen-bond donors (Lipinski definition) is 0. The number of hydrogen-bond acceptors (Lipinski definition) is 1. The van der Waals surface area contributed by atoms with Crippen molar-refractivity contribution in [1.82, 2.24) is 0 Å². The lowest BCUT2D eigenvalue weighted by molar-refractivity contribution is 0.627. The van der Waals surface area contributed by atoms with Crippen LogP contribution in [0.15, 0.2) is 54.6 Å². The van der Waals surface area contributed by atoms with Crippen LogP contribution in [0, 0.1) is 5.82 Å². The molecule has 0 N–H and O–H groups in total. The van der Waals surface area contributed by atoms with E-state index in [0.717, 1.165) is 11.1 Å². The van der Waals surface area contributed by atoms with Gasteiger partial charge in [-0.1, -0.05) is 36.4 Å². The van der Waals surface area contributed by atoms with Crippen molar-refractivity contribution in [2.24, 2.45) is 0 Å². The standard InChI is InChI=1S/C19H22FN/c1-5-17(15-10-12-16(20)13-11-15)18-8-6-7-9-19(18)21(4)14(2)3/h5-14H,1-4H3/b17-5+. The van der Waals surface area contributed by atoms with Crippen molar-refractivity contribution in [1.29, 1.82) is 0 Å². The van der Waals surface area contributed by atoms with Crippen LogP contribution in [0.1, 0.15) is 31.9 Å². The summed E-state index contributed by atoms with van der Waals surface area (Å²) in [6.07, 6.45) is 2.08. The minimum atomic E-state index is -0.207. The van der Waals surface area contributed by atoms with Gasteiger partial charge < -0.3 is 4.90 Å². The van der Waals surface area contributed by atoms with Crippen LogP contribution in [0.5, 0.6) is 0 Å². The van der Waals surface area contributed by atoms with E-state index in [9.17, 15) is 4.39 Å². The second-order valence-electron chi connectivity index (χ2n) is 5.43. The maximum absolute atomic E-state index is 13.1. The minimum absolute atomic E-state index is 0.207. The number of anilines is 1. The highest BCUT2D eigenvalue weighted by atomic mass is 19.1. The molecule has 2 aromatic rings. The second-order valence-corrected chi connectivity index (χ2v) is 5.43. The minimum Gasteiger partial charge on any atom is -0.372 e. The van der Waals surface area contributed by atoms with Gasteiger partial charge in [-0.05, 0) is 50.1 Å². The molecule has 0 spiro atoms. The maximum atomic E-state index is 13.1. The van der Waals surface area contributed by atoms with Crippen molar-refractivity contribution in [3.05, 3.63) is 71.6 Å². The average molecular weight is 283 g/mol. The first kappa shape index (κ1) is 15.3. The predicted molar refractivity (Wildman–Crippen MR) is 89.1 cm³/mol. The molecule has 110 valence electrons. The monoisotopic (exact) mass is 283 g/mol. The summed E-state index contributed by atoms with van der Waals surface area (Å²) in [6, 6.07) is 15.4. The topological polar surface area (TPSA) is 3.24 Å². The highest BCUT2D eigenvalue weighted by Gasteiger charge is 2.13. The van der Waals surface area contributed by atoms with E-state index >= 15 is 0 Å². The van der Waals surface area contributed by atoms with Gasteiger partial charge in [-0.2, -0.15) is 0 Å². The average Bonchev–Trinajstić information content (AvgIpc) is 2.49. The quantitative estimate of drug-likeness (QED) is 0.752. The summed E-state index contributed by atoms with van der Waals surface area (Å²) < 4.78 is 13.1. The molecule has 0 radical (unpaired) electrons. The van der Waals surface area contributed by atoms with Crippen molar-refractivity contribution in [2.75, 3.05) is 11.9 Å². The summed E-state index contributed by atoms with van der Waals surface area (Å²) in [5.74, 6) is -0.207. The van der Waals surface area contributed by atoms with E-state index in [1.165, 1.54) is 23.4 Å². The van der Waals surface area contributed by atoms with Crippen LogP contribution in [-0.4, -0.2) is 13.1 Å². The zero-order valence-electron chi connectivity index (χ0n) is 13.1. The highest BCUT2D eigenvalue weighted by molar-refractivity contribution is 5.86. The molecule has 0 aliphatic rings. The van der Waals surface area contributed by atoms with Gasteiger partial charge in [0.2, 0.25) is 0 Å². The van der Waals surface area contributed by atoms with Crippen molar-refractivity contribution < 1.29 is 4.39 Å². The van der Waals surface area contributed by atoms with Gasteiger partial charge in [-0.15, -0.1) is 0 Å². The molecule has 0 heterocycles. The molecule has 2 heteroatoms. The maximum Gasteiger partial charge on any atom is 0.123 e. The third kappa shape index (κ3) is 3.33. The molecule has 2 aromatic carbocycles. The first-order valence-electron chi connectivity index (χ1n) is 7.29. The molecular formula is C19H22FN. The lowest BCUT2D eigenvalue weighted by Gasteiger charge is -2.27. The fraction of sp³-hybridized carbons (Fsp3) is 0.263. The van der Waals surface area contributed by atoms with Crippen molar-refractivity contribution >= 4 is 11.3 Å². The molecule has 0 aliphatic heterocycles. The first-order valence-corrected chi connectivity index (χ1v) is 7.29. The molecule has 0 saturated carbocycles. The Bertz CT molecular complexity index is 626. The molecule has 2 rings (SSSR count). The number of benzene rings is 2. The van der Waals surface area contributed by atoms with Crippen LogP contribution in [0.2, 0.25) is 0 Å². The Hall–Kier alpha value is -2.09. The van der Waals surface area contributed by atoms with E-state index in [4.69, 9.17) is 0 Å². The second kappa shape index (κ2) is 6.57. The summed E-state index contributed by atoms with van der Waals surface area (Å²) in [6.45, 7) is 6.36. The molecular weight excluding hydrogens is 261 g/mol. The molecule has 0 atom stereocenters. The summed E-state index contributed by atoms with van der Waals surface area (Å²) in [4.78, 5) is 2.25. The Labute approximate surface area is 126 Å². The summed E-state index contributed by atoms with van der Waals surface area (Å²) in [7, 11) is 2.10. The van der Waals surface area contributed by atoms with Crippen LogP contribution in [0.25, 0.3) is 5.57 Å². The predicted octanol–water partition coefficient (Wildman–Crippen LogP) is 5.12. The van der Waals surface area contributed by atoms with Gasteiger partial charge in [0.25, 0.3) is 0 Å². The Kier molecular flexibility index (Phi) is 4.79. The summed E-state index contributed by atoms with van der Waals surface area (Å²) in [5, 5.41) is 0. The van der Waals surface area contributed by atoms with Gasteiger partial charge in [-0.25, -0.2) is 4.39 Å². The number of para-hydroxylation sites is 1. The van der Waals surface area contributed by atoms with Crippen LogP contribution in [0.4, 0.5) is 10.1 Å².